The summed E-state index contributed by atoms with van der Waals surface area (Å²) < 4.78 is 31.8. The predicted molar refractivity (Wildman–Crippen MR) is 144 cm³/mol. The standard InChI is InChI=1S/C26H36ClN3O5S/c1-7-19(4)28-26(32)23(8-2)29(16-20-9-12-22(35-5)13-10-20)25(31)17-30(36(6,33)34)24-14-11-21(27)15-18(24)3/h9-15,19,23H,7-8,16-17H2,1-6H3,(H,28,32)/t19-,23-/m1/s1. The van der Waals surface area contributed by atoms with Crippen molar-refractivity contribution < 1.29 is 22.7 Å². The van der Waals surface area contributed by atoms with Crippen LogP contribution in [0.1, 0.15) is 44.7 Å². The van der Waals surface area contributed by atoms with E-state index in [-0.39, 0.29) is 18.5 Å². The molecular formula is C26H36ClN3O5S. The second kappa shape index (κ2) is 13.0. The molecule has 2 aromatic rings. The number of aryl methyl sites for hydroxylation is 1. The number of methoxy groups -OCH3 is 1. The van der Waals surface area contributed by atoms with Crippen LogP contribution < -0.4 is 14.4 Å². The van der Waals surface area contributed by atoms with Crippen molar-refractivity contribution in [2.45, 2.75) is 59.2 Å². The number of amides is 2. The highest BCUT2D eigenvalue weighted by Gasteiger charge is 2.32. The molecule has 0 unspecified atom stereocenters. The van der Waals surface area contributed by atoms with Gasteiger partial charge in [-0.25, -0.2) is 8.42 Å². The van der Waals surface area contributed by atoms with Gasteiger partial charge >= 0.3 is 0 Å². The van der Waals surface area contributed by atoms with Gasteiger partial charge in [0, 0.05) is 17.6 Å². The molecule has 0 saturated carbocycles. The van der Waals surface area contributed by atoms with Crippen molar-refractivity contribution in [3.63, 3.8) is 0 Å². The van der Waals surface area contributed by atoms with Crippen LogP contribution in [0.15, 0.2) is 42.5 Å². The Morgan fingerprint density at radius 1 is 1.08 bits per heavy atom. The predicted octanol–water partition coefficient (Wildman–Crippen LogP) is 4.15. The molecule has 2 aromatic carbocycles. The van der Waals surface area contributed by atoms with E-state index >= 15 is 0 Å². The summed E-state index contributed by atoms with van der Waals surface area (Å²) in [5, 5.41) is 3.41. The molecule has 0 aliphatic carbocycles. The molecule has 0 aliphatic rings. The lowest BCUT2D eigenvalue weighted by molar-refractivity contribution is -0.140. The van der Waals surface area contributed by atoms with Gasteiger partial charge in [0.25, 0.3) is 0 Å². The minimum Gasteiger partial charge on any atom is -0.497 e. The molecule has 0 radical (unpaired) electrons. The third kappa shape index (κ3) is 7.86. The van der Waals surface area contributed by atoms with E-state index in [0.29, 0.717) is 28.4 Å². The van der Waals surface area contributed by atoms with Crippen molar-refractivity contribution in [1.29, 1.82) is 0 Å². The molecule has 0 heterocycles. The molecule has 2 rings (SSSR count). The Kier molecular flexibility index (Phi) is 10.6. The van der Waals surface area contributed by atoms with Crippen LogP contribution in [0.2, 0.25) is 5.02 Å². The quantitative estimate of drug-likeness (QED) is 0.439. The first kappa shape index (κ1) is 29.5. The Morgan fingerprint density at radius 3 is 2.22 bits per heavy atom. The summed E-state index contributed by atoms with van der Waals surface area (Å²) in [6.07, 6.45) is 2.16. The van der Waals surface area contributed by atoms with E-state index in [0.717, 1.165) is 22.5 Å². The number of benzene rings is 2. The summed E-state index contributed by atoms with van der Waals surface area (Å²) in [4.78, 5) is 28.3. The molecule has 2 atom stereocenters. The van der Waals surface area contributed by atoms with Crippen molar-refractivity contribution in [1.82, 2.24) is 10.2 Å². The van der Waals surface area contributed by atoms with Gasteiger partial charge in [0.05, 0.1) is 19.1 Å². The van der Waals surface area contributed by atoms with E-state index < -0.39 is 28.5 Å². The van der Waals surface area contributed by atoms with E-state index in [1.807, 2.05) is 32.9 Å². The van der Waals surface area contributed by atoms with Crippen LogP contribution in [0.4, 0.5) is 5.69 Å². The molecule has 0 aromatic heterocycles. The van der Waals surface area contributed by atoms with E-state index in [1.165, 1.54) is 4.90 Å². The molecule has 0 bridgehead atoms. The number of hydrogen-bond acceptors (Lipinski definition) is 5. The smallest absolute Gasteiger partial charge is 0.244 e. The van der Waals surface area contributed by atoms with Gasteiger partial charge in [0.2, 0.25) is 21.8 Å². The molecule has 1 N–H and O–H groups in total. The number of carbonyl (C=O) groups excluding carboxylic acids is 2. The molecule has 198 valence electrons. The Balaban J connectivity index is 2.46. The minimum absolute atomic E-state index is 0.0614. The number of sulfonamides is 1. The van der Waals surface area contributed by atoms with Gasteiger partial charge < -0.3 is 15.0 Å². The van der Waals surface area contributed by atoms with E-state index in [4.69, 9.17) is 16.3 Å². The maximum Gasteiger partial charge on any atom is 0.244 e. The summed E-state index contributed by atoms with van der Waals surface area (Å²) >= 11 is 6.06. The number of anilines is 1. The second-order valence-electron chi connectivity index (χ2n) is 8.81. The van der Waals surface area contributed by atoms with Gasteiger partial charge in [-0.3, -0.25) is 13.9 Å². The maximum atomic E-state index is 13.7. The number of rotatable bonds is 12. The summed E-state index contributed by atoms with van der Waals surface area (Å²) in [6, 6.07) is 11.1. The minimum atomic E-state index is -3.81. The van der Waals surface area contributed by atoms with E-state index in [1.54, 1.807) is 44.4 Å². The molecule has 0 spiro atoms. The Hall–Kier alpha value is -2.78. The van der Waals surface area contributed by atoms with Crippen LogP contribution in [0.25, 0.3) is 0 Å². The second-order valence-corrected chi connectivity index (χ2v) is 11.2. The number of nitrogens with one attached hydrogen (secondary N) is 1. The van der Waals surface area contributed by atoms with Crippen molar-refractivity contribution >= 4 is 39.1 Å². The highest BCUT2D eigenvalue weighted by Crippen LogP contribution is 2.26. The lowest BCUT2D eigenvalue weighted by atomic mass is 10.1. The number of ether oxygens (including phenoxy) is 1. The Morgan fingerprint density at radius 2 is 1.72 bits per heavy atom. The van der Waals surface area contributed by atoms with Gasteiger partial charge in [-0.2, -0.15) is 0 Å². The first-order chi connectivity index (χ1) is 16.9. The summed E-state index contributed by atoms with van der Waals surface area (Å²) in [7, 11) is -2.25. The van der Waals surface area contributed by atoms with Crippen LogP contribution in [0.5, 0.6) is 5.75 Å². The summed E-state index contributed by atoms with van der Waals surface area (Å²) in [5.41, 5.74) is 1.76. The van der Waals surface area contributed by atoms with Gasteiger partial charge in [0.15, 0.2) is 0 Å². The molecule has 10 heteroatoms. The van der Waals surface area contributed by atoms with Crippen LogP contribution in [-0.2, 0) is 26.2 Å². The van der Waals surface area contributed by atoms with Crippen LogP contribution >= 0.6 is 11.6 Å². The van der Waals surface area contributed by atoms with Crippen molar-refractivity contribution in [3.05, 3.63) is 58.6 Å². The monoisotopic (exact) mass is 537 g/mol. The molecule has 36 heavy (non-hydrogen) atoms. The SMILES string of the molecule is CC[C@@H](C)NC(=O)[C@@H](CC)N(Cc1ccc(OC)cc1)C(=O)CN(c1ccc(Cl)cc1C)S(C)(=O)=O. The topological polar surface area (TPSA) is 96.0 Å². The largest absolute Gasteiger partial charge is 0.497 e. The normalized spacial score (nSPS) is 13.0. The number of carbonyl (C=O) groups is 2. The van der Waals surface area contributed by atoms with E-state index in [2.05, 4.69) is 5.32 Å². The van der Waals surface area contributed by atoms with Crippen LogP contribution in [-0.4, -0.2) is 57.1 Å². The number of hydrogen-bond donors (Lipinski definition) is 1. The fraction of sp³-hybridized carbons (Fsp3) is 0.462. The first-order valence-corrected chi connectivity index (χ1v) is 14.1. The van der Waals surface area contributed by atoms with Crippen LogP contribution in [0, 0.1) is 6.92 Å². The maximum absolute atomic E-state index is 13.7. The van der Waals surface area contributed by atoms with Crippen molar-refractivity contribution in [2.75, 3.05) is 24.2 Å². The summed E-state index contributed by atoms with van der Waals surface area (Å²) in [6.45, 7) is 7.09. The summed E-state index contributed by atoms with van der Waals surface area (Å²) in [5.74, 6) is -0.0984. The molecule has 8 nitrogen and oxygen atoms in total. The van der Waals surface area contributed by atoms with Gasteiger partial charge in [-0.15, -0.1) is 0 Å². The first-order valence-electron chi connectivity index (χ1n) is 11.9. The highest BCUT2D eigenvalue weighted by atomic mass is 35.5. The fourth-order valence-corrected chi connectivity index (χ4v) is 4.92. The zero-order chi connectivity index (χ0) is 27.0. The number of halogens is 1. The Bertz CT molecular complexity index is 1150. The lowest BCUT2D eigenvalue weighted by Crippen LogP contribution is -2.53. The lowest BCUT2D eigenvalue weighted by Gasteiger charge is -2.33. The zero-order valence-electron chi connectivity index (χ0n) is 21.7. The molecule has 0 aliphatic heterocycles. The zero-order valence-corrected chi connectivity index (χ0v) is 23.3. The number of nitrogens with zero attached hydrogens (tertiary/aromatic N) is 2. The fourth-order valence-electron chi connectivity index (χ4n) is 3.78. The van der Waals surface area contributed by atoms with E-state index in [9.17, 15) is 18.0 Å². The third-order valence-corrected chi connectivity index (χ3v) is 7.37. The van der Waals surface area contributed by atoms with Gasteiger partial charge in [-0.05, 0) is 68.1 Å². The van der Waals surface area contributed by atoms with Crippen LogP contribution in [0.3, 0.4) is 0 Å². The third-order valence-electron chi connectivity index (χ3n) is 6.01. The Labute approximate surface area is 219 Å². The van der Waals surface area contributed by atoms with Crippen molar-refractivity contribution in [3.8, 4) is 5.75 Å². The van der Waals surface area contributed by atoms with Crippen molar-refractivity contribution in [2.24, 2.45) is 0 Å². The molecular weight excluding hydrogens is 502 g/mol. The average molecular weight is 538 g/mol. The van der Waals surface area contributed by atoms with Gasteiger partial charge in [-0.1, -0.05) is 37.6 Å². The molecule has 2 amide bonds. The highest BCUT2D eigenvalue weighted by molar-refractivity contribution is 7.92. The van der Waals surface area contributed by atoms with Gasteiger partial charge in [0.1, 0.15) is 18.3 Å². The average Bonchev–Trinajstić information content (AvgIpc) is 2.82. The molecule has 0 fully saturated rings. The molecule has 0 saturated heterocycles.